The molecule has 27 heavy (non-hydrogen) atoms. The van der Waals surface area contributed by atoms with Crippen LogP contribution in [0.1, 0.15) is 17.3 Å². The van der Waals surface area contributed by atoms with E-state index in [4.69, 9.17) is 9.47 Å². The van der Waals surface area contributed by atoms with Gasteiger partial charge in [0.1, 0.15) is 11.3 Å². The zero-order valence-corrected chi connectivity index (χ0v) is 14.7. The van der Waals surface area contributed by atoms with Gasteiger partial charge >= 0.3 is 5.97 Å². The van der Waals surface area contributed by atoms with E-state index in [2.05, 4.69) is 10.3 Å². The number of H-pyrrole nitrogens is 1. The maximum absolute atomic E-state index is 12.5. The number of amides is 1. The van der Waals surface area contributed by atoms with Gasteiger partial charge in [0.05, 0.1) is 6.61 Å². The summed E-state index contributed by atoms with van der Waals surface area (Å²) in [6.07, 6.45) is 1.33. The van der Waals surface area contributed by atoms with Crippen LogP contribution in [0.2, 0.25) is 0 Å². The molecule has 0 saturated heterocycles. The average Bonchev–Trinajstić information content (AvgIpc) is 2.68. The number of hydrogen-bond donors (Lipinski definition) is 2. The quantitative estimate of drug-likeness (QED) is 0.654. The molecule has 1 aromatic heterocycles. The first-order valence-corrected chi connectivity index (χ1v) is 8.38. The van der Waals surface area contributed by atoms with E-state index in [1.807, 2.05) is 18.2 Å². The van der Waals surface area contributed by atoms with Crippen molar-refractivity contribution in [1.29, 1.82) is 0 Å². The molecule has 0 spiro atoms. The molecule has 0 fully saturated rings. The monoisotopic (exact) mass is 366 g/mol. The Labute approximate surface area is 154 Å². The number of ether oxygens (including phenoxy) is 2. The molecule has 0 saturated carbocycles. The van der Waals surface area contributed by atoms with Gasteiger partial charge in [0.15, 0.2) is 6.61 Å². The largest absolute Gasteiger partial charge is 0.484 e. The number of carbonyl (C=O) groups is 2. The lowest BCUT2D eigenvalue weighted by atomic mass is 10.1. The van der Waals surface area contributed by atoms with Gasteiger partial charge in [-0.1, -0.05) is 18.2 Å². The number of rotatable bonds is 6. The highest BCUT2D eigenvalue weighted by molar-refractivity contribution is 5.97. The Bertz CT molecular complexity index is 1030. The van der Waals surface area contributed by atoms with Crippen molar-refractivity contribution in [3.8, 4) is 5.75 Å². The number of benzene rings is 2. The van der Waals surface area contributed by atoms with Gasteiger partial charge < -0.3 is 19.8 Å². The molecule has 7 heteroatoms. The number of pyridine rings is 1. The minimum absolute atomic E-state index is 0.0831. The van der Waals surface area contributed by atoms with E-state index in [1.165, 1.54) is 12.3 Å². The Morgan fingerprint density at radius 1 is 1.11 bits per heavy atom. The van der Waals surface area contributed by atoms with E-state index in [0.717, 1.165) is 0 Å². The fraction of sp³-hybridized carbons (Fsp3) is 0.150. The number of esters is 1. The SMILES string of the molecule is CCOC(=O)c1c[nH]c2ccc(NC(=O)COc3ccccc3)cc2c1=O. The van der Waals surface area contributed by atoms with Crippen LogP contribution in [-0.4, -0.2) is 30.1 Å². The second-order valence-corrected chi connectivity index (χ2v) is 5.66. The maximum Gasteiger partial charge on any atom is 0.343 e. The Balaban J connectivity index is 1.77. The van der Waals surface area contributed by atoms with Crippen molar-refractivity contribution < 1.29 is 19.1 Å². The standard InChI is InChI=1S/C20H18N2O5/c1-2-26-20(25)16-11-21-17-9-8-13(10-15(17)19(16)24)22-18(23)12-27-14-6-4-3-5-7-14/h3-11H,2,12H2,1H3,(H,21,24)(H,22,23). The Morgan fingerprint density at radius 3 is 2.63 bits per heavy atom. The van der Waals surface area contributed by atoms with Gasteiger partial charge in [-0.2, -0.15) is 0 Å². The fourth-order valence-electron chi connectivity index (χ4n) is 2.52. The zero-order chi connectivity index (χ0) is 19.2. The van der Waals surface area contributed by atoms with Crippen molar-refractivity contribution in [2.75, 3.05) is 18.5 Å². The van der Waals surface area contributed by atoms with Crippen LogP contribution >= 0.6 is 0 Å². The molecule has 0 atom stereocenters. The number of anilines is 1. The molecule has 0 radical (unpaired) electrons. The van der Waals surface area contributed by atoms with Crippen LogP contribution in [0.5, 0.6) is 5.75 Å². The van der Waals surface area contributed by atoms with Gasteiger partial charge in [-0.25, -0.2) is 4.79 Å². The molecule has 1 amide bonds. The summed E-state index contributed by atoms with van der Waals surface area (Å²) in [6, 6.07) is 13.8. The normalized spacial score (nSPS) is 10.4. The smallest absolute Gasteiger partial charge is 0.343 e. The second kappa shape index (κ2) is 8.18. The van der Waals surface area contributed by atoms with Crippen LogP contribution in [0.4, 0.5) is 5.69 Å². The van der Waals surface area contributed by atoms with Crippen LogP contribution in [0, 0.1) is 0 Å². The summed E-state index contributed by atoms with van der Waals surface area (Å²) in [5.41, 5.74) is 0.432. The summed E-state index contributed by atoms with van der Waals surface area (Å²) in [7, 11) is 0. The first-order valence-electron chi connectivity index (χ1n) is 8.38. The first-order chi connectivity index (χ1) is 13.1. The molecule has 1 heterocycles. The lowest BCUT2D eigenvalue weighted by Crippen LogP contribution is -2.21. The van der Waals surface area contributed by atoms with E-state index < -0.39 is 11.4 Å². The van der Waals surface area contributed by atoms with Crippen LogP contribution in [0.15, 0.2) is 59.5 Å². The predicted molar refractivity (Wildman–Crippen MR) is 101 cm³/mol. The van der Waals surface area contributed by atoms with E-state index >= 15 is 0 Å². The molecule has 0 unspecified atom stereocenters. The number of aromatic amines is 1. The summed E-state index contributed by atoms with van der Waals surface area (Å²) in [4.78, 5) is 39.4. The summed E-state index contributed by atoms with van der Waals surface area (Å²) < 4.78 is 10.3. The minimum Gasteiger partial charge on any atom is -0.484 e. The average molecular weight is 366 g/mol. The van der Waals surface area contributed by atoms with Crippen molar-refractivity contribution in [1.82, 2.24) is 4.98 Å². The number of fused-ring (bicyclic) bond motifs is 1. The van der Waals surface area contributed by atoms with Crippen molar-refractivity contribution in [3.63, 3.8) is 0 Å². The summed E-state index contributed by atoms with van der Waals surface area (Å²) >= 11 is 0. The topological polar surface area (TPSA) is 97.5 Å². The van der Waals surface area contributed by atoms with Gasteiger partial charge in [0.25, 0.3) is 5.91 Å². The van der Waals surface area contributed by atoms with Gasteiger partial charge in [0, 0.05) is 22.8 Å². The van der Waals surface area contributed by atoms with Crippen LogP contribution < -0.4 is 15.5 Å². The van der Waals surface area contributed by atoms with Gasteiger partial charge in [-0.3, -0.25) is 9.59 Å². The molecule has 2 aromatic carbocycles. The number of carbonyl (C=O) groups excluding carboxylic acids is 2. The number of nitrogens with one attached hydrogen (secondary N) is 2. The van der Waals surface area contributed by atoms with Crippen molar-refractivity contribution >= 4 is 28.5 Å². The predicted octanol–water partition coefficient (Wildman–Crippen LogP) is 2.72. The van der Waals surface area contributed by atoms with E-state index in [0.29, 0.717) is 17.0 Å². The highest BCUT2D eigenvalue weighted by atomic mass is 16.5. The minimum atomic E-state index is -0.689. The van der Waals surface area contributed by atoms with Crippen LogP contribution in [0.25, 0.3) is 10.9 Å². The third-order valence-electron chi connectivity index (χ3n) is 3.77. The molecule has 3 rings (SSSR count). The Morgan fingerprint density at radius 2 is 1.89 bits per heavy atom. The molecule has 2 N–H and O–H groups in total. The first kappa shape index (κ1) is 18.2. The van der Waals surface area contributed by atoms with Crippen LogP contribution in [0.3, 0.4) is 0 Å². The maximum atomic E-state index is 12.5. The highest BCUT2D eigenvalue weighted by Crippen LogP contribution is 2.16. The number of aromatic nitrogens is 1. The lowest BCUT2D eigenvalue weighted by Gasteiger charge is -2.09. The summed E-state index contributed by atoms with van der Waals surface area (Å²) in [5.74, 6) is -0.468. The second-order valence-electron chi connectivity index (χ2n) is 5.66. The molecule has 138 valence electrons. The molecule has 7 nitrogen and oxygen atoms in total. The van der Waals surface area contributed by atoms with E-state index in [1.54, 1.807) is 31.2 Å². The van der Waals surface area contributed by atoms with Gasteiger partial charge in [0.2, 0.25) is 5.43 Å². The van der Waals surface area contributed by atoms with E-state index in [-0.39, 0.29) is 30.1 Å². The highest BCUT2D eigenvalue weighted by Gasteiger charge is 2.14. The van der Waals surface area contributed by atoms with Gasteiger partial charge in [-0.15, -0.1) is 0 Å². The van der Waals surface area contributed by atoms with Crippen LogP contribution in [-0.2, 0) is 9.53 Å². The summed E-state index contributed by atoms with van der Waals surface area (Å²) in [6.45, 7) is 1.67. The number of para-hydroxylation sites is 1. The van der Waals surface area contributed by atoms with Crippen molar-refractivity contribution in [2.24, 2.45) is 0 Å². The molecule has 0 aliphatic rings. The van der Waals surface area contributed by atoms with Crippen molar-refractivity contribution in [3.05, 3.63) is 70.5 Å². The molecule has 0 aliphatic carbocycles. The fourth-order valence-corrected chi connectivity index (χ4v) is 2.52. The third kappa shape index (κ3) is 4.33. The Hall–Kier alpha value is -3.61. The molecule has 0 bridgehead atoms. The van der Waals surface area contributed by atoms with Crippen molar-refractivity contribution in [2.45, 2.75) is 6.92 Å². The van der Waals surface area contributed by atoms with Gasteiger partial charge in [-0.05, 0) is 37.3 Å². The zero-order valence-electron chi connectivity index (χ0n) is 14.7. The molecular formula is C20H18N2O5. The van der Waals surface area contributed by atoms with E-state index in [9.17, 15) is 14.4 Å². The molecule has 0 aliphatic heterocycles. The summed E-state index contributed by atoms with van der Waals surface area (Å²) in [5, 5.41) is 2.95. The Kier molecular flexibility index (Phi) is 5.51. The lowest BCUT2D eigenvalue weighted by molar-refractivity contribution is -0.118. The number of hydrogen-bond acceptors (Lipinski definition) is 5. The molecular weight excluding hydrogens is 348 g/mol. The third-order valence-corrected chi connectivity index (χ3v) is 3.77. The molecule has 3 aromatic rings.